The first-order valence-corrected chi connectivity index (χ1v) is 6.45. The molecule has 3 heteroatoms. The Morgan fingerprint density at radius 1 is 1.19 bits per heavy atom. The number of allylic oxidation sites excluding steroid dienone is 1. The Hall–Kier alpha value is -1.19. The second kappa shape index (κ2) is 5.23. The first kappa shape index (κ1) is 11.3. The van der Waals surface area contributed by atoms with Crippen molar-refractivity contribution < 1.29 is 4.79 Å². The maximum atomic E-state index is 11.7. The number of hydrogen-bond donors (Lipinski definition) is 0. The summed E-state index contributed by atoms with van der Waals surface area (Å²) < 4.78 is 0.991. The van der Waals surface area contributed by atoms with E-state index in [1.54, 1.807) is 6.08 Å². The Bertz CT molecular complexity index is 514. The number of ketones is 1. The molecule has 1 aromatic heterocycles. The van der Waals surface area contributed by atoms with Crippen LogP contribution >= 0.6 is 27.3 Å². The van der Waals surface area contributed by atoms with Gasteiger partial charge < -0.3 is 0 Å². The maximum absolute atomic E-state index is 11.7. The molecule has 0 saturated heterocycles. The predicted octanol–water partition coefficient (Wildman–Crippen LogP) is 4.41. The van der Waals surface area contributed by atoms with Gasteiger partial charge in [0.15, 0.2) is 5.78 Å². The van der Waals surface area contributed by atoms with Crippen LogP contribution in [0.3, 0.4) is 0 Å². The molecule has 16 heavy (non-hydrogen) atoms. The average molecular weight is 293 g/mol. The van der Waals surface area contributed by atoms with Gasteiger partial charge in [-0.1, -0.05) is 40.2 Å². The van der Waals surface area contributed by atoms with Crippen LogP contribution in [0.4, 0.5) is 0 Å². The fourth-order valence-corrected chi connectivity index (χ4v) is 2.34. The lowest BCUT2D eigenvalue weighted by Gasteiger charge is -1.96. The molecular weight excluding hydrogens is 284 g/mol. The average Bonchev–Trinajstić information content (AvgIpc) is 2.81. The molecule has 2 rings (SSSR count). The minimum absolute atomic E-state index is 0.0470. The summed E-state index contributed by atoms with van der Waals surface area (Å²) in [5.41, 5.74) is 1.01. The van der Waals surface area contributed by atoms with Gasteiger partial charge in [0.25, 0.3) is 0 Å². The van der Waals surface area contributed by atoms with Gasteiger partial charge in [0.05, 0.1) is 4.88 Å². The molecule has 80 valence electrons. The monoisotopic (exact) mass is 292 g/mol. The lowest BCUT2D eigenvalue weighted by atomic mass is 10.2. The van der Waals surface area contributed by atoms with Crippen LogP contribution in [0.15, 0.2) is 52.3 Å². The van der Waals surface area contributed by atoms with E-state index in [4.69, 9.17) is 0 Å². The van der Waals surface area contributed by atoms with Gasteiger partial charge in [-0.15, -0.1) is 11.3 Å². The summed E-state index contributed by atoms with van der Waals surface area (Å²) in [6.45, 7) is 0. The van der Waals surface area contributed by atoms with E-state index >= 15 is 0 Å². The number of halogens is 1. The first-order valence-electron chi connectivity index (χ1n) is 4.78. The molecule has 0 radical (unpaired) electrons. The van der Waals surface area contributed by atoms with Crippen LogP contribution in [0.5, 0.6) is 0 Å². The molecule has 1 aromatic carbocycles. The van der Waals surface area contributed by atoms with Gasteiger partial charge in [-0.25, -0.2) is 0 Å². The molecule has 0 aliphatic carbocycles. The van der Waals surface area contributed by atoms with Crippen molar-refractivity contribution in [3.63, 3.8) is 0 Å². The molecule has 1 nitrogen and oxygen atoms in total. The van der Waals surface area contributed by atoms with E-state index < -0.39 is 0 Å². The minimum atomic E-state index is 0.0470. The highest BCUT2D eigenvalue weighted by Gasteiger charge is 2.01. The van der Waals surface area contributed by atoms with Crippen molar-refractivity contribution in [1.29, 1.82) is 0 Å². The van der Waals surface area contributed by atoms with Crippen LogP contribution in [0.25, 0.3) is 6.08 Å². The van der Waals surface area contributed by atoms with Crippen molar-refractivity contribution >= 4 is 39.1 Å². The lowest BCUT2D eigenvalue weighted by Crippen LogP contribution is -1.88. The third kappa shape index (κ3) is 2.68. The molecule has 2 aromatic rings. The van der Waals surface area contributed by atoms with Crippen molar-refractivity contribution in [2.75, 3.05) is 0 Å². The van der Waals surface area contributed by atoms with Crippen LogP contribution in [-0.4, -0.2) is 5.78 Å². The molecule has 0 aliphatic heterocycles. The summed E-state index contributed by atoms with van der Waals surface area (Å²) in [5.74, 6) is 0.0470. The van der Waals surface area contributed by atoms with Gasteiger partial charge in [0.1, 0.15) is 0 Å². The number of rotatable bonds is 3. The van der Waals surface area contributed by atoms with Crippen molar-refractivity contribution in [1.82, 2.24) is 0 Å². The maximum Gasteiger partial charge on any atom is 0.195 e. The highest BCUT2D eigenvalue weighted by Crippen LogP contribution is 2.18. The summed E-state index contributed by atoms with van der Waals surface area (Å²) >= 11 is 4.89. The van der Waals surface area contributed by atoms with Gasteiger partial charge in [-0.3, -0.25) is 4.79 Å². The summed E-state index contributed by atoms with van der Waals surface area (Å²) in [5, 5.41) is 1.90. The molecular formula is C13H9BrOS. The highest BCUT2D eigenvalue weighted by atomic mass is 79.9. The number of carbonyl (C=O) groups excluding carboxylic acids is 1. The normalized spacial score (nSPS) is 10.8. The van der Waals surface area contributed by atoms with Crippen molar-refractivity contribution in [2.45, 2.75) is 0 Å². The summed E-state index contributed by atoms with van der Waals surface area (Å²) in [7, 11) is 0. The molecule has 0 bridgehead atoms. The van der Waals surface area contributed by atoms with E-state index in [1.807, 2.05) is 47.9 Å². The zero-order chi connectivity index (χ0) is 11.4. The van der Waals surface area contributed by atoms with Crippen molar-refractivity contribution in [3.8, 4) is 0 Å². The molecule has 0 N–H and O–H groups in total. The Morgan fingerprint density at radius 2 is 2.00 bits per heavy atom. The van der Waals surface area contributed by atoms with Gasteiger partial charge in [0.2, 0.25) is 0 Å². The SMILES string of the molecule is O=C(/C=C/c1ccccc1Br)c1cccs1. The zero-order valence-electron chi connectivity index (χ0n) is 8.39. The van der Waals surface area contributed by atoms with Crippen molar-refractivity contribution in [2.24, 2.45) is 0 Å². The third-order valence-corrected chi connectivity index (χ3v) is 3.69. The number of hydrogen-bond acceptors (Lipinski definition) is 2. The van der Waals surface area contributed by atoms with E-state index in [9.17, 15) is 4.79 Å². The standard InChI is InChI=1S/C13H9BrOS/c14-11-5-2-1-4-10(11)7-8-12(15)13-6-3-9-16-13/h1-9H/b8-7+. The summed E-state index contributed by atoms with van der Waals surface area (Å²) in [4.78, 5) is 12.5. The molecule has 0 atom stereocenters. The highest BCUT2D eigenvalue weighted by molar-refractivity contribution is 9.10. The van der Waals surface area contributed by atoms with Gasteiger partial charge in [-0.05, 0) is 35.2 Å². The number of thiophene rings is 1. The van der Waals surface area contributed by atoms with Crippen LogP contribution in [0.1, 0.15) is 15.2 Å². The van der Waals surface area contributed by atoms with Crippen LogP contribution in [-0.2, 0) is 0 Å². The van der Waals surface area contributed by atoms with E-state index in [1.165, 1.54) is 11.3 Å². The molecule has 0 spiro atoms. The van der Waals surface area contributed by atoms with E-state index in [0.717, 1.165) is 14.9 Å². The summed E-state index contributed by atoms with van der Waals surface area (Å²) in [6.07, 6.45) is 3.43. The van der Waals surface area contributed by atoms with Crippen molar-refractivity contribution in [3.05, 3.63) is 62.8 Å². The lowest BCUT2D eigenvalue weighted by molar-refractivity contribution is 0.105. The van der Waals surface area contributed by atoms with Crippen LogP contribution < -0.4 is 0 Å². The second-order valence-corrected chi connectivity index (χ2v) is 5.00. The van der Waals surface area contributed by atoms with Gasteiger partial charge >= 0.3 is 0 Å². The Kier molecular flexibility index (Phi) is 3.70. The second-order valence-electron chi connectivity index (χ2n) is 3.20. The third-order valence-electron chi connectivity index (χ3n) is 2.08. The number of benzene rings is 1. The van der Waals surface area contributed by atoms with E-state index in [0.29, 0.717) is 0 Å². The summed E-state index contributed by atoms with van der Waals surface area (Å²) in [6, 6.07) is 11.5. The van der Waals surface area contributed by atoms with Crippen LogP contribution in [0.2, 0.25) is 0 Å². The zero-order valence-corrected chi connectivity index (χ0v) is 10.8. The molecule has 0 fully saturated rings. The molecule has 0 aliphatic rings. The van der Waals surface area contributed by atoms with E-state index in [2.05, 4.69) is 15.9 Å². The topological polar surface area (TPSA) is 17.1 Å². The largest absolute Gasteiger partial charge is 0.288 e. The molecule has 0 amide bonds. The van der Waals surface area contributed by atoms with Crippen LogP contribution in [0, 0.1) is 0 Å². The Labute approximate surface area is 107 Å². The Morgan fingerprint density at radius 3 is 2.69 bits per heavy atom. The van der Waals surface area contributed by atoms with Gasteiger partial charge in [0, 0.05) is 4.47 Å². The molecule has 0 unspecified atom stereocenters. The first-order chi connectivity index (χ1) is 7.77. The number of carbonyl (C=O) groups is 1. The predicted molar refractivity (Wildman–Crippen MR) is 71.8 cm³/mol. The smallest absolute Gasteiger partial charge is 0.195 e. The molecule has 1 heterocycles. The Balaban J connectivity index is 2.16. The van der Waals surface area contributed by atoms with E-state index in [-0.39, 0.29) is 5.78 Å². The molecule has 0 saturated carbocycles. The minimum Gasteiger partial charge on any atom is -0.288 e. The fraction of sp³-hybridized carbons (Fsp3) is 0. The van der Waals surface area contributed by atoms with Gasteiger partial charge in [-0.2, -0.15) is 0 Å². The fourth-order valence-electron chi connectivity index (χ4n) is 1.28. The quantitative estimate of drug-likeness (QED) is 0.605.